The summed E-state index contributed by atoms with van der Waals surface area (Å²) >= 11 is 0. The number of aliphatic hydroxyl groups is 1. The van der Waals surface area contributed by atoms with Crippen molar-refractivity contribution in [1.29, 1.82) is 0 Å². The van der Waals surface area contributed by atoms with Gasteiger partial charge in [0.1, 0.15) is 11.6 Å². The number of rotatable bonds is 17. The number of aliphatic hydroxyl groups excluding tert-OH is 1. The Hall–Kier alpha value is -3.86. The maximum absolute atomic E-state index is 14.1. The Kier molecular flexibility index (Phi) is 15.0. The van der Waals surface area contributed by atoms with E-state index in [9.17, 15) is 38.2 Å². The summed E-state index contributed by atoms with van der Waals surface area (Å²) in [5, 5.41) is 26.5. The molecule has 0 spiro atoms. The van der Waals surface area contributed by atoms with E-state index in [1.807, 2.05) is 20.8 Å². The third-order valence-corrected chi connectivity index (χ3v) is 9.17. The Morgan fingerprint density at radius 2 is 1.50 bits per heavy atom. The summed E-state index contributed by atoms with van der Waals surface area (Å²) in [5.41, 5.74) is 1.49. The van der Waals surface area contributed by atoms with Gasteiger partial charge in [0, 0.05) is 42.7 Å². The van der Waals surface area contributed by atoms with Crippen molar-refractivity contribution >= 4 is 23.7 Å². The lowest BCUT2D eigenvalue weighted by Gasteiger charge is -2.29. The van der Waals surface area contributed by atoms with Crippen molar-refractivity contribution in [1.82, 2.24) is 15.5 Å². The highest BCUT2D eigenvalue weighted by Crippen LogP contribution is 2.29. The highest BCUT2D eigenvalue weighted by molar-refractivity contribution is 6.00. The number of carbonyl (C=O) groups excluding carboxylic acids is 3. The van der Waals surface area contributed by atoms with E-state index < -0.39 is 41.6 Å². The van der Waals surface area contributed by atoms with E-state index in [4.69, 9.17) is 0 Å². The smallest absolute Gasteiger partial charge is 0.306 e. The third kappa shape index (κ3) is 11.4. The first-order valence-electron chi connectivity index (χ1n) is 17.2. The maximum atomic E-state index is 14.1. The molecule has 264 valence electrons. The molecule has 3 rings (SSSR count). The fraction of sp³-hybridized carbons (Fsp3) is 0.568. The summed E-state index contributed by atoms with van der Waals surface area (Å²) in [6.07, 6.45) is 3.15. The first-order valence-corrected chi connectivity index (χ1v) is 17.2. The number of nitrogens with zero attached hydrogens (tertiary/aromatic N) is 1. The van der Waals surface area contributed by atoms with Crippen LogP contribution in [-0.2, 0) is 16.0 Å². The topological polar surface area (TPSA) is 136 Å². The molecule has 0 unspecified atom stereocenters. The molecule has 11 heteroatoms. The van der Waals surface area contributed by atoms with Crippen LogP contribution in [0.3, 0.4) is 0 Å². The Labute approximate surface area is 282 Å². The average molecular weight is 672 g/mol. The summed E-state index contributed by atoms with van der Waals surface area (Å²) in [7, 11) is 0. The molecular weight excluding hydrogens is 620 g/mol. The van der Waals surface area contributed by atoms with Gasteiger partial charge >= 0.3 is 5.97 Å². The van der Waals surface area contributed by atoms with Crippen LogP contribution in [0.2, 0.25) is 0 Å². The molecule has 1 saturated carbocycles. The molecule has 1 fully saturated rings. The van der Waals surface area contributed by atoms with Crippen molar-refractivity contribution in [3.05, 3.63) is 70.3 Å². The summed E-state index contributed by atoms with van der Waals surface area (Å²) < 4.78 is 28.2. The zero-order valence-corrected chi connectivity index (χ0v) is 28.6. The second kappa shape index (κ2) is 18.6. The normalized spacial score (nSPS) is 18.0. The molecule has 4 N–H and O–H groups in total. The Morgan fingerprint density at radius 1 is 0.896 bits per heavy atom. The lowest BCUT2D eigenvalue weighted by atomic mass is 9.82. The molecule has 1 aliphatic carbocycles. The van der Waals surface area contributed by atoms with E-state index in [0.717, 1.165) is 31.0 Å². The first-order chi connectivity index (χ1) is 22.8. The Bertz CT molecular complexity index is 1390. The number of aryl methyl sites for hydroxylation is 1. The molecule has 1 aliphatic rings. The van der Waals surface area contributed by atoms with Gasteiger partial charge in [0.05, 0.1) is 18.1 Å². The molecule has 0 bridgehead atoms. The van der Waals surface area contributed by atoms with Gasteiger partial charge in [-0.2, -0.15) is 0 Å². The van der Waals surface area contributed by atoms with Crippen LogP contribution >= 0.6 is 0 Å². The van der Waals surface area contributed by atoms with Gasteiger partial charge in [-0.25, -0.2) is 8.78 Å². The fourth-order valence-electron chi connectivity index (χ4n) is 6.51. The molecule has 0 saturated heterocycles. The van der Waals surface area contributed by atoms with E-state index >= 15 is 0 Å². The van der Waals surface area contributed by atoms with Crippen LogP contribution in [0.25, 0.3) is 0 Å². The number of amides is 3. The molecule has 0 aliphatic heterocycles. The number of carboxylic acid groups (broad SMARTS) is 1. The largest absolute Gasteiger partial charge is 0.481 e. The molecule has 2 aromatic carbocycles. The summed E-state index contributed by atoms with van der Waals surface area (Å²) in [4.78, 5) is 53.2. The van der Waals surface area contributed by atoms with Crippen molar-refractivity contribution in [2.24, 2.45) is 17.8 Å². The minimum absolute atomic E-state index is 0.0165. The predicted molar refractivity (Wildman–Crippen MR) is 179 cm³/mol. The second-order valence-corrected chi connectivity index (χ2v) is 13.2. The van der Waals surface area contributed by atoms with Gasteiger partial charge in [-0.05, 0) is 112 Å². The average Bonchev–Trinajstić information content (AvgIpc) is 3.04. The van der Waals surface area contributed by atoms with Crippen LogP contribution < -0.4 is 10.6 Å². The third-order valence-electron chi connectivity index (χ3n) is 9.17. The Balaban J connectivity index is 1.77. The van der Waals surface area contributed by atoms with Gasteiger partial charge in [0.2, 0.25) is 5.91 Å². The SMILES string of the molecule is CCCN(CCC)C(=O)c1cc(C)cc(C(=O)N[C@@H](Cc2cc(F)cc(F)c2)[C@@H](O)C[C@@H](CC)C(=O)NCC2CCC(C(=O)O)CC2)c1. The fourth-order valence-corrected chi connectivity index (χ4v) is 6.51. The van der Waals surface area contributed by atoms with Crippen LogP contribution in [0.4, 0.5) is 8.78 Å². The molecule has 3 amide bonds. The van der Waals surface area contributed by atoms with Gasteiger partial charge < -0.3 is 25.7 Å². The maximum Gasteiger partial charge on any atom is 0.306 e. The lowest BCUT2D eigenvalue weighted by molar-refractivity contribution is -0.143. The standard InChI is InChI=1S/C37H51F2N3O6/c1-5-12-42(13-6-2)36(46)29-15-23(4)14-28(19-29)35(45)41-32(18-25-16-30(38)21-31(39)17-25)33(43)20-26(7-3)34(44)40-22-24-8-10-27(11-9-24)37(47)48/h14-17,19,21,24,26-27,32-33,43H,5-13,18,20,22H2,1-4H3,(H,40,44)(H,41,45)(H,47,48)/t24?,26-,27?,32+,33+/m1/s1. The van der Waals surface area contributed by atoms with Crippen molar-refractivity contribution in [2.75, 3.05) is 19.6 Å². The van der Waals surface area contributed by atoms with Gasteiger partial charge in [-0.15, -0.1) is 0 Å². The second-order valence-electron chi connectivity index (χ2n) is 13.2. The number of carboxylic acids is 1. The Morgan fingerprint density at radius 3 is 2.06 bits per heavy atom. The molecule has 48 heavy (non-hydrogen) atoms. The van der Waals surface area contributed by atoms with Gasteiger partial charge in [0.25, 0.3) is 11.8 Å². The monoisotopic (exact) mass is 671 g/mol. The quantitative estimate of drug-likeness (QED) is 0.171. The van der Waals surface area contributed by atoms with E-state index in [-0.39, 0.29) is 47.6 Å². The zero-order chi connectivity index (χ0) is 35.4. The van der Waals surface area contributed by atoms with Crippen LogP contribution in [0.15, 0.2) is 36.4 Å². The minimum atomic E-state index is -1.25. The number of benzene rings is 2. The number of halogens is 2. The lowest BCUT2D eigenvalue weighted by Crippen LogP contribution is -2.47. The molecule has 0 heterocycles. The van der Waals surface area contributed by atoms with Gasteiger partial charge in [-0.1, -0.05) is 20.8 Å². The summed E-state index contributed by atoms with van der Waals surface area (Å²) in [5.74, 6) is -4.18. The number of carbonyl (C=O) groups is 4. The van der Waals surface area contributed by atoms with E-state index in [1.54, 1.807) is 24.0 Å². The van der Waals surface area contributed by atoms with Crippen molar-refractivity contribution in [3.8, 4) is 0 Å². The van der Waals surface area contributed by atoms with E-state index in [0.29, 0.717) is 62.9 Å². The van der Waals surface area contributed by atoms with E-state index in [2.05, 4.69) is 10.6 Å². The van der Waals surface area contributed by atoms with E-state index in [1.165, 1.54) is 6.07 Å². The molecule has 0 aromatic heterocycles. The number of nitrogens with one attached hydrogen (secondary N) is 2. The molecule has 3 atom stereocenters. The molecule has 9 nitrogen and oxygen atoms in total. The van der Waals surface area contributed by atoms with Crippen molar-refractivity contribution in [3.63, 3.8) is 0 Å². The molecular formula is C37H51F2N3O6. The van der Waals surface area contributed by atoms with Crippen LogP contribution in [0, 0.1) is 36.3 Å². The van der Waals surface area contributed by atoms with Crippen LogP contribution in [-0.4, -0.2) is 70.6 Å². The summed E-state index contributed by atoms with van der Waals surface area (Å²) in [6, 6.07) is 6.87. The molecule has 2 aromatic rings. The first kappa shape index (κ1) is 38.6. The van der Waals surface area contributed by atoms with Gasteiger partial charge in [0.15, 0.2) is 0 Å². The number of hydrogen-bond donors (Lipinski definition) is 4. The number of aliphatic carboxylic acids is 1. The highest BCUT2D eigenvalue weighted by atomic mass is 19.1. The number of hydrogen-bond acceptors (Lipinski definition) is 5. The van der Waals surface area contributed by atoms with Gasteiger partial charge in [-0.3, -0.25) is 19.2 Å². The minimum Gasteiger partial charge on any atom is -0.481 e. The van der Waals surface area contributed by atoms with Crippen molar-refractivity contribution < 1.29 is 38.2 Å². The zero-order valence-electron chi connectivity index (χ0n) is 28.6. The van der Waals surface area contributed by atoms with Crippen LogP contribution in [0.5, 0.6) is 0 Å². The summed E-state index contributed by atoms with van der Waals surface area (Å²) in [6.45, 7) is 9.14. The molecule has 0 radical (unpaired) electrons. The predicted octanol–water partition coefficient (Wildman–Crippen LogP) is 5.66. The van der Waals surface area contributed by atoms with Crippen molar-refractivity contribution in [2.45, 2.75) is 97.6 Å². The van der Waals surface area contributed by atoms with Crippen LogP contribution in [0.1, 0.15) is 104 Å². The highest BCUT2D eigenvalue weighted by Gasteiger charge is 2.30.